The molecule has 0 spiro atoms. The zero-order valence-electron chi connectivity index (χ0n) is 13.1. The average molecular weight is 312 g/mol. The van der Waals surface area contributed by atoms with Crippen LogP contribution >= 0.6 is 11.6 Å². The zero-order chi connectivity index (χ0) is 15.2. The summed E-state index contributed by atoms with van der Waals surface area (Å²) in [6, 6.07) is 1.79. The maximum Gasteiger partial charge on any atom is 0.270 e. The number of carbonyl (C=O) groups is 1. The zero-order valence-corrected chi connectivity index (χ0v) is 13.8. The van der Waals surface area contributed by atoms with Crippen LogP contribution in [0.3, 0.4) is 0 Å². The predicted molar refractivity (Wildman–Crippen MR) is 86.9 cm³/mol. The maximum atomic E-state index is 12.8. The fraction of sp³-hybridized carbons (Fsp3) is 0.688. The van der Waals surface area contributed by atoms with Crippen LogP contribution in [0.1, 0.15) is 43.6 Å². The Morgan fingerprint density at radius 2 is 2.33 bits per heavy atom. The number of piperidine rings is 1. The van der Waals surface area contributed by atoms with Crippen molar-refractivity contribution in [3.05, 3.63) is 23.0 Å². The van der Waals surface area contributed by atoms with Gasteiger partial charge in [0.1, 0.15) is 5.69 Å². The fourth-order valence-corrected chi connectivity index (χ4v) is 3.24. The van der Waals surface area contributed by atoms with Crippen molar-refractivity contribution in [2.24, 2.45) is 5.92 Å². The van der Waals surface area contributed by atoms with E-state index in [1.807, 2.05) is 22.6 Å². The number of aromatic nitrogens is 1. The summed E-state index contributed by atoms with van der Waals surface area (Å²) in [6.45, 7) is 8.68. The normalized spacial score (nSPS) is 18.7. The molecule has 1 aliphatic heterocycles. The number of nitrogens with one attached hydrogen (secondary N) is 1. The highest BCUT2D eigenvalue weighted by Crippen LogP contribution is 2.18. The van der Waals surface area contributed by atoms with Crippen molar-refractivity contribution in [3.8, 4) is 0 Å². The van der Waals surface area contributed by atoms with Gasteiger partial charge in [0.05, 0.1) is 5.02 Å². The van der Waals surface area contributed by atoms with Crippen LogP contribution in [0.5, 0.6) is 0 Å². The standard InChI is InChI=1S/C16H26ClN3O/c1-3-8-20(11-13-6-5-7-18-10-13)16(21)15-9-14(17)12-19(15)4-2/h9,12-13,18H,3-8,10-11H2,1-2H3. The summed E-state index contributed by atoms with van der Waals surface area (Å²) in [5.74, 6) is 0.672. The molecule has 118 valence electrons. The molecule has 4 nitrogen and oxygen atoms in total. The van der Waals surface area contributed by atoms with Gasteiger partial charge in [0.25, 0.3) is 5.91 Å². The van der Waals surface area contributed by atoms with Gasteiger partial charge < -0.3 is 14.8 Å². The maximum absolute atomic E-state index is 12.8. The minimum atomic E-state index is 0.108. The molecule has 0 saturated carbocycles. The van der Waals surface area contributed by atoms with Gasteiger partial charge in [-0.25, -0.2) is 0 Å². The first-order valence-electron chi connectivity index (χ1n) is 8.01. The third-order valence-electron chi connectivity index (χ3n) is 4.08. The van der Waals surface area contributed by atoms with Gasteiger partial charge >= 0.3 is 0 Å². The molecule has 1 N–H and O–H groups in total. The number of halogens is 1. The van der Waals surface area contributed by atoms with Gasteiger partial charge in [-0.05, 0) is 51.3 Å². The van der Waals surface area contributed by atoms with E-state index >= 15 is 0 Å². The van der Waals surface area contributed by atoms with Crippen LogP contribution in [-0.4, -0.2) is 41.6 Å². The Kier molecular flexibility index (Phi) is 6.12. The Bertz CT molecular complexity index is 466. The van der Waals surface area contributed by atoms with Gasteiger partial charge in [0, 0.05) is 25.8 Å². The summed E-state index contributed by atoms with van der Waals surface area (Å²) < 4.78 is 1.94. The topological polar surface area (TPSA) is 37.3 Å². The molecule has 1 aromatic heterocycles. The fourth-order valence-electron chi connectivity index (χ4n) is 3.01. The second kappa shape index (κ2) is 7.85. The number of aryl methyl sites for hydroxylation is 1. The van der Waals surface area contributed by atoms with Crippen LogP contribution in [-0.2, 0) is 6.54 Å². The monoisotopic (exact) mass is 311 g/mol. The van der Waals surface area contributed by atoms with E-state index in [1.54, 1.807) is 6.07 Å². The van der Waals surface area contributed by atoms with E-state index in [0.717, 1.165) is 39.1 Å². The van der Waals surface area contributed by atoms with Crippen molar-refractivity contribution in [1.82, 2.24) is 14.8 Å². The lowest BCUT2D eigenvalue weighted by molar-refractivity contribution is 0.0708. The van der Waals surface area contributed by atoms with E-state index in [2.05, 4.69) is 12.2 Å². The molecule has 1 aromatic rings. The molecule has 1 fully saturated rings. The number of nitrogens with zero attached hydrogens (tertiary/aromatic N) is 2. The second-order valence-electron chi connectivity index (χ2n) is 5.79. The molecule has 1 amide bonds. The lowest BCUT2D eigenvalue weighted by Gasteiger charge is -2.30. The van der Waals surface area contributed by atoms with Crippen LogP contribution in [0.4, 0.5) is 0 Å². The first-order chi connectivity index (χ1) is 10.2. The molecule has 1 unspecified atom stereocenters. The highest BCUT2D eigenvalue weighted by molar-refractivity contribution is 6.31. The van der Waals surface area contributed by atoms with Gasteiger partial charge in [-0.2, -0.15) is 0 Å². The molecule has 0 radical (unpaired) electrons. The summed E-state index contributed by atoms with van der Waals surface area (Å²) in [5.41, 5.74) is 0.708. The number of rotatable bonds is 6. The smallest absolute Gasteiger partial charge is 0.270 e. The Morgan fingerprint density at radius 1 is 1.52 bits per heavy atom. The van der Waals surface area contributed by atoms with E-state index in [0.29, 0.717) is 16.6 Å². The molecule has 2 rings (SSSR count). The van der Waals surface area contributed by atoms with Gasteiger partial charge in [-0.15, -0.1) is 0 Å². The van der Waals surface area contributed by atoms with Crippen LogP contribution in [0.15, 0.2) is 12.3 Å². The molecule has 0 aliphatic carbocycles. The van der Waals surface area contributed by atoms with Crippen molar-refractivity contribution < 1.29 is 4.79 Å². The van der Waals surface area contributed by atoms with Gasteiger partial charge in [0.2, 0.25) is 0 Å². The predicted octanol–water partition coefficient (Wildman–Crippen LogP) is 3.01. The minimum absolute atomic E-state index is 0.108. The van der Waals surface area contributed by atoms with Crippen molar-refractivity contribution >= 4 is 17.5 Å². The van der Waals surface area contributed by atoms with Crippen LogP contribution in [0.25, 0.3) is 0 Å². The molecule has 0 bridgehead atoms. The van der Waals surface area contributed by atoms with Crippen LogP contribution in [0.2, 0.25) is 5.02 Å². The van der Waals surface area contributed by atoms with Crippen molar-refractivity contribution in [1.29, 1.82) is 0 Å². The van der Waals surface area contributed by atoms with E-state index < -0.39 is 0 Å². The summed E-state index contributed by atoms with van der Waals surface area (Å²) >= 11 is 6.06. The van der Waals surface area contributed by atoms with E-state index in [4.69, 9.17) is 11.6 Å². The average Bonchev–Trinajstić information content (AvgIpc) is 2.88. The minimum Gasteiger partial charge on any atom is -0.342 e. The molecular weight excluding hydrogens is 286 g/mol. The summed E-state index contributed by atoms with van der Waals surface area (Å²) in [5, 5.41) is 4.06. The summed E-state index contributed by atoms with van der Waals surface area (Å²) in [6.07, 6.45) is 5.22. The molecule has 1 atom stereocenters. The highest BCUT2D eigenvalue weighted by atomic mass is 35.5. The van der Waals surface area contributed by atoms with Crippen molar-refractivity contribution in [2.75, 3.05) is 26.2 Å². The number of carbonyl (C=O) groups excluding carboxylic acids is 1. The quantitative estimate of drug-likeness (QED) is 0.877. The Balaban J connectivity index is 2.10. The second-order valence-corrected chi connectivity index (χ2v) is 6.23. The molecular formula is C16H26ClN3O. The molecule has 5 heteroatoms. The summed E-state index contributed by atoms with van der Waals surface area (Å²) in [4.78, 5) is 14.8. The Labute approximate surface area is 132 Å². The molecule has 0 aromatic carbocycles. The highest BCUT2D eigenvalue weighted by Gasteiger charge is 2.23. The third-order valence-corrected chi connectivity index (χ3v) is 4.29. The number of hydrogen-bond donors (Lipinski definition) is 1. The largest absolute Gasteiger partial charge is 0.342 e. The Morgan fingerprint density at radius 3 is 2.95 bits per heavy atom. The van der Waals surface area contributed by atoms with Crippen LogP contribution < -0.4 is 5.32 Å². The first kappa shape index (κ1) is 16.4. The lowest BCUT2D eigenvalue weighted by Crippen LogP contribution is -2.41. The van der Waals surface area contributed by atoms with Gasteiger partial charge in [0.15, 0.2) is 0 Å². The van der Waals surface area contributed by atoms with Crippen molar-refractivity contribution in [3.63, 3.8) is 0 Å². The first-order valence-corrected chi connectivity index (χ1v) is 8.39. The van der Waals surface area contributed by atoms with Crippen molar-refractivity contribution in [2.45, 2.75) is 39.7 Å². The van der Waals surface area contributed by atoms with Crippen LogP contribution in [0, 0.1) is 5.92 Å². The third kappa shape index (κ3) is 4.24. The molecule has 21 heavy (non-hydrogen) atoms. The number of amides is 1. The Hall–Kier alpha value is -1.00. The molecule has 1 aliphatic rings. The van der Waals surface area contributed by atoms with E-state index in [-0.39, 0.29) is 5.91 Å². The lowest BCUT2D eigenvalue weighted by atomic mass is 9.99. The van der Waals surface area contributed by atoms with E-state index in [1.165, 1.54) is 12.8 Å². The number of hydrogen-bond acceptors (Lipinski definition) is 2. The molecule has 1 saturated heterocycles. The van der Waals surface area contributed by atoms with Gasteiger partial charge in [-0.3, -0.25) is 4.79 Å². The summed E-state index contributed by atoms with van der Waals surface area (Å²) in [7, 11) is 0. The molecule has 2 heterocycles. The van der Waals surface area contributed by atoms with Gasteiger partial charge in [-0.1, -0.05) is 18.5 Å². The SMILES string of the molecule is CCCN(CC1CCCNC1)C(=O)c1cc(Cl)cn1CC. The van der Waals surface area contributed by atoms with E-state index in [9.17, 15) is 4.79 Å².